The molecule has 1 aliphatic rings. The second kappa shape index (κ2) is 4.93. The quantitative estimate of drug-likeness (QED) is 0.846. The fourth-order valence-corrected chi connectivity index (χ4v) is 2.33. The minimum Gasteiger partial charge on any atom is -0.394 e. The van der Waals surface area contributed by atoms with Crippen molar-refractivity contribution in [1.29, 1.82) is 0 Å². The Morgan fingerprint density at radius 3 is 2.78 bits per heavy atom. The van der Waals surface area contributed by atoms with E-state index in [0.29, 0.717) is 6.54 Å². The largest absolute Gasteiger partial charge is 0.416 e. The normalized spacial score (nSPS) is 20.5. The lowest BCUT2D eigenvalue weighted by Gasteiger charge is -2.25. The highest BCUT2D eigenvalue weighted by molar-refractivity contribution is 6.29. The summed E-state index contributed by atoms with van der Waals surface area (Å²) >= 11 is 5.63. The van der Waals surface area contributed by atoms with Gasteiger partial charge in [0.25, 0.3) is 0 Å². The first-order valence-electron chi connectivity index (χ1n) is 5.54. The van der Waals surface area contributed by atoms with Crippen LogP contribution in [0.1, 0.15) is 18.4 Å². The lowest BCUT2D eigenvalue weighted by atomic mass is 10.2. The van der Waals surface area contributed by atoms with Gasteiger partial charge >= 0.3 is 6.18 Å². The van der Waals surface area contributed by atoms with Gasteiger partial charge in [0.15, 0.2) is 0 Å². The fourth-order valence-electron chi connectivity index (χ4n) is 2.12. The molecular weight excluding hydrogens is 269 g/mol. The minimum absolute atomic E-state index is 0.102. The molecule has 0 amide bonds. The zero-order valence-electron chi connectivity index (χ0n) is 9.41. The SMILES string of the molecule is OCC1CCCN1c1cc(C(F)(F)F)cc(Cl)n1. The van der Waals surface area contributed by atoms with Crippen molar-refractivity contribution in [2.24, 2.45) is 0 Å². The zero-order chi connectivity index (χ0) is 13.3. The predicted molar refractivity (Wildman–Crippen MR) is 61.7 cm³/mol. The van der Waals surface area contributed by atoms with Gasteiger partial charge in [-0.1, -0.05) is 11.6 Å². The molecule has 18 heavy (non-hydrogen) atoms. The molecule has 1 aliphatic heterocycles. The number of hydrogen-bond donors (Lipinski definition) is 1. The van der Waals surface area contributed by atoms with Crippen LogP contribution in [0.5, 0.6) is 0 Å². The molecule has 0 saturated carbocycles. The Bertz CT molecular complexity index is 439. The minimum atomic E-state index is -4.45. The van der Waals surface area contributed by atoms with Crippen LogP contribution in [0, 0.1) is 0 Å². The Labute approximate surface area is 107 Å². The number of anilines is 1. The highest BCUT2D eigenvalue weighted by Gasteiger charge is 2.33. The first kappa shape index (κ1) is 13.4. The fraction of sp³-hybridized carbons (Fsp3) is 0.545. The maximum atomic E-state index is 12.7. The summed E-state index contributed by atoms with van der Waals surface area (Å²) in [5, 5.41) is 8.98. The lowest BCUT2D eigenvalue weighted by Crippen LogP contribution is -2.33. The highest BCUT2D eigenvalue weighted by atomic mass is 35.5. The van der Waals surface area contributed by atoms with Gasteiger partial charge in [0.05, 0.1) is 18.2 Å². The number of aliphatic hydroxyl groups excluding tert-OH is 1. The topological polar surface area (TPSA) is 36.4 Å². The average Bonchev–Trinajstić information content (AvgIpc) is 2.74. The maximum absolute atomic E-state index is 12.7. The van der Waals surface area contributed by atoms with E-state index < -0.39 is 11.7 Å². The molecule has 1 atom stereocenters. The third-order valence-corrected chi connectivity index (χ3v) is 3.18. The van der Waals surface area contributed by atoms with Crippen molar-refractivity contribution in [2.45, 2.75) is 25.1 Å². The summed E-state index contributed by atoms with van der Waals surface area (Å²) in [7, 11) is 0. The van der Waals surface area contributed by atoms with Crippen LogP contribution in [0.4, 0.5) is 19.0 Å². The van der Waals surface area contributed by atoms with Crippen LogP contribution >= 0.6 is 11.6 Å². The van der Waals surface area contributed by atoms with Crippen LogP contribution in [-0.4, -0.2) is 29.3 Å². The summed E-state index contributed by atoms with van der Waals surface area (Å²) < 4.78 is 38.0. The summed E-state index contributed by atoms with van der Waals surface area (Å²) in [5.41, 5.74) is -0.818. The summed E-state index contributed by atoms with van der Waals surface area (Å²) in [6.45, 7) is 0.478. The summed E-state index contributed by atoms with van der Waals surface area (Å²) in [5.74, 6) is 0.173. The van der Waals surface area contributed by atoms with Gasteiger partial charge < -0.3 is 10.0 Å². The Kier molecular flexibility index (Phi) is 3.68. The van der Waals surface area contributed by atoms with Gasteiger partial charge in [-0.3, -0.25) is 0 Å². The van der Waals surface area contributed by atoms with Gasteiger partial charge in [0, 0.05) is 6.54 Å². The highest BCUT2D eigenvalue weighted by Crippen LogP contribution is 2.34. The summed E-state index contributed by atoms with van der Waals surface area (Å²) in [6, 6.07) is 1.59. The van der Waals surface area contributed by atoms with Crippen molar-refractivity contribution in [2.75, 3.05) is 18.1 Å². The van der Waals surface area contributed by atoms with Gasteiger partial charge in [0.2, 0.25) is 0 Å². The van der Waals surface area contributed by atoms with E-state index in [1.54, 1.807) is 4.90 Å². The molecule has 0 aliphatic carbocycles. The van der Waals surface area contributed by atoms with Crippen LogP contribution in [0.2, 0.25) is 5.15 Å². The Morgan fingerprint density at radius 1 is 1.44 bits per heavy atom. The van der Waals surface area contributed by atoms with E-state index in [-0.39, 0.29) is 23.6 Å². The maximum Gasteiger partial charge on any atom is 0.416 e. The first-order valence-corrected chi connectivity index (χ1v) is 5.92. The van der Waals surface area contributed by atoms with Crippen LogP contribution < -0.4 is 4.90 Å². The standard InChI is InChI=1S/C11H12ClF3N2O/c12-9-4-7(11(13,14)15)5-10(16-9)17-3-1-2-8(17)6-18/h4-5,8,18H,1-3,6H2. The van der Waals surface area contributed by atoms with E-state index in [2.05, 4.69) is 4.98 Å². The number of alkyl halides is 3. The average molecular weight is 281 g/mol. The van der Waals surface area contributed by atoms with Crippen LogP contribution in [-0.2, 0) is 6.18 Å². The molecule has 0 spiro atoms. The molecule has 2 rings (SSSR count). The van der Waals surface area contributed by atoms with Crippen LogP contribution in [0.3, 0.4) is 0 Å². The molecule has 1 fully saturated rings. The smallest absolute Gasteiger partial charge is 0.394 e. The van der Waals surface area contributed by atoms with Crippen LogP contribution in [0.15, 0.2) is 12.1 Å². The molecular formula is C11H12ClF3N2O. The summed E-state index contributed by atoms with van der Waals surface area (Å²) in [4.78, 5) is 5.58. The molecule has 1 aromatic rings. The molecule has 7 heteroatoms. The molecule has 0 aromatic carbocycles. The molecule has 1 unspecified atom stereocenters. The number of halogens is 4. The van der Waals surface area contributed by atoms with Gasteiger partial charge in [-0.2, -0.15) is 13.2 Å². The van der Waals surface area contributed by atoms with Gasteiger partial charge in [-0.05, 0) is 25.0 Å². The molecule has 1 N–H and O–H groups in total. The van der Waals surface area contributed by atoms with Crippen molar-refractivity contribution >= 4 is 17.4 Å². The second-order valence-corrected chi connectivity index (χ2v) is 4.59. The van der Waals surface area contributed by atoms with E-state index in [9.17, 15) is 18.3 Å². The molecule has 2 heterocycles. The second-order valence-electron chi connectivity index (χ2n) is 4.21. The van der Waals surface area contributed by atoms with Gasteiger partial charge in [-0.25, -0.2) is 4.98 Å². The molecule has 0 bridgehead atoms. The van der Waals surface area contributed by atoms with E-state index in [1.807, 2.05) is 0 Å². The predicted octanol–water partition coefficient (Wildman–Crippen LogP) is 2.71. The van der Waals surface area contributed by atoms with Crippen LogP contribution in [0.25, 0.3) is 0 Å². The number of nitrogens with zero attached hydrogens (tertiary/aromatic N) is 2. The third kappa shape index (κ3) is 2.70. The van der Waals surface area contributed by atoms with Crippen molar-refractivity contribution < 1.29 is 18.3 Å². The summed E-state index contributed by atoms with van der Waals surface area (Å²) in [6.07, 6.45) is -2.89. The number of rotatable bonds is 2. The number of hydrogen-bond acceptors (Lipinski definition) is 3. The molecule has 0 radical (unpaired) electrons. The van der Waals surface area contributed by atoms with Crippen molar-refractivity contribution in [1.82, 2.24) is 4.98 Å². The number of aliphatic hydroxyl groups is 1. The van der Waals surface area contributed by atoms with E-state index in [0.717, 1.165) is 25.0 Å². The van der Waals surface area contributed by atoms with Crippen molar-refractivity contribution in [3.8, 4) is 0 Å². The first-order chi connectivity index (χ1) is 8.41. The third-order valence-electron chi connectivity index (χ3n) is 2.99. The monoisotopic (exact) mass is 280 g/mol. The molecule has 1 aromatic heterocycles. The number of pyridine rings is 1. The molecule has 100 valence electrons. The van der Waals surface area contributed by atoms with E-state index >= 15 is 0 Å². The van der Waals surface area contributed by atoms with Crippen molar-refractivity contribution in [3.63, 3.8) is 0 Å². The Morgan fingerprint density at radius 2 is 2.17 bits per heavy atom. The molecule has 3 nitrogen and oxygen atoms in total. The van der Waals surface area contributed by atoms with E-state index in [1.165, 1.54) is 0 Å². The Balaban J connectivity index is 2.36. The lowest BCUT2D eigenvalue weighted by molar-refractivity contribution is -0.137. The molecule has 1 saturated heterocycles. The van der Waals surface area contributed by atoms with Gasteiger partial charge in [0.1, 0.15) is 11.0 Å². The van der Waals surface area contributed by atoms with Gasteiger partial charge in [-0.15, -0.1) is 0 Å². The zero-order valence-corrected chi connectivity index (χ0v) is 10.2. The number of aromatic nitrogens is 1. The van der Waals surface area contributed by atoms with Crippen molar-refractivity contribution in [3.05, 3.63) is 22.8 Å². The Hall–Kier alpha value is -1.01. The van der Waals surface area contributed by atoms with E-state index in [4.69, 9.17) is 11.6 Å².